The van der Waals surface area contributed by atoms with Crippen LogP contribution < -0.4 is 5.32 Å². The second kappa shape index (κ2) is 8.03. The lowest BCUT2D eigenvalue weighted by molar-refractivity contribution is -0.384. The van der Waals surface area contributed by atoms with Crippen LogP contribution in [0.5, 0.6) is 0 Å². The molecule has 21 heavy (non-hydrogen) atoms. The first kappa shape index (κ1) is 17.5. The van der Waals surface area contributed by atoms with Crippen LogP contribution in [0.4, 0.5) is 5.69 Å². The number of rotatable bonds is 9. The van der Waals surface area contributed by atoms with Gasteiger partial charge >= 0.3 is 0 Å². The Hall–Kier alpha value is -1.55. The molecule has 1 rings (SSSR count). The molecule has 118 valence electrons. The number of likely N-dealkylation sites (N-methyl/N-ethyl adjacent to an activating group) is 2. The lowest BCUT2D eigenvalue weighted by Crippen LogP contribution is -2.30. The molecule has 0 amide bonds. The molecule has 1 aromatic rings. The highest BCUT2D eigenvalue weighted by Gasteiger charge is 2.21. The molecule has 1 aromatic carbocycles. The Kier molecular flexibility index (Phi) is 6.69. The molecule has 0 spiro atoms. The summed E-state index contributed by atoms with van der Waals surface area (Å²) in [4.78, 5) is 9.99. The summed E-state index contributed by atoms with van der Waals surface area (Å²) in [6.45, 7) is 1.69. The van der Waals surface area contributed by atoms with E-state index in [2.05, 4.69) is 5.32 Å². The number of sulfonamides is 1. The Bertz CT molecular complexity index is 559. The summed E-state index contributed by atoms with van der Waals surface area (Å²) in [6.07, 6.45) is 0. The van der Waals surface area contributed by atoms with E-state index in [0.717, 1.165) is 4.31 Å². The molecule has 0 atom stereocenters. The minimum Gasteiger partial charge on any atom is -0.379 e. The highest BCUT2D eigenvalue weighted by Crippen LogP contribution is 2.18. The van der Waals surface area contributed by atoms with Gasteiger partial charge in [0, 0.05) is 32.3 Å². The zero-order valence-electron chi connectivity index (χ0n) is 12.0. The van der Waals surface area contributed by atoms with E-state index >= 15 is 0 Å². The number of nitro benzene ring substituents is 1. The van der Waals surface area contributed by atoms with Crippen LogP contribution in [0.1, 0.15) is 0 Å². The molecule has 0 aliphatic carbocycles. The second-order valence-electron chi connectivity index (χ2n) is 4.29. The Balaban J connectivity index is 2.64. The minimum absolute atomic E-state index is 0.0193. The third-order valence-electron chi connectivity index (χ3n) is 2.80. The fourth-order valence-corrected chi connectivity index (χ4v) is 2.66. The van der Waals surface area contributed by atoms with Crippen molar-refractivity contribution >= 4 is 15.7 Å². The molecule has 0 aliphatic rings. The Morgan fingerprint density at radius 1 is 1.29 bits per heavy atom. The van der Waals surface area contributed by atoms with Gasteiger partial charge in [0.1, 0.15) is 0 Å². The first-order valence-corrected chi connectivity index (χ1v) is 7.76. The number of hydrogen-bond acceptors (Lipinski definition) is 6. The molecule has 0 aliphatic heterocycles. The molecule has 0 unspecified atom stereocenters. The fraction of sp³-hybridized carbons (Fsp3) is 0.500. The predicted molar refractivity (Wildman–Crippen MR) is 77.7 cm³/mol. The molecular weight excluding hydrogens is 298 g/mol. The van der Waals surface area contributed by atoms with Gasteiger partial charge in [-0.2, -0.15) is 4.31 Å². The van der Waals surface area contributed by atoms with Crippen LogP contribution in [0.25, 0.3) is 0 Å². The SMILES string of the molecule is CNCCOCCN(C)S(=O)(=O)c1ccc([N+](=O)[O-])cc1. The zero-order valence-corrected chi connectivity index (χ0v) is 12.8. The standard InChI is InChI=1S/C12H19N3O5S/c1-13-7-9-20-10-8-14(2)21(18,19)12-5-3-11(4-6-12)15(16)17/h3-6,13H,7-10H2,1-2H3. The summed E-state index contributed by atoms with van der Waals surface area (Å²) in [6, 6.07) is 4.80. The van der Waals surface area contributed by atoms with Crippen LogP contribution >= 0.6 is 0 Å². The normalized spacial score (nSPS) is 11.8. The van der Waals surface area contributed by atoms with Crippen molar-refractivity contribution in [2.45, 2.75) is 4.90 Å². The number of nitrogens with one attached hydrogen (secondary N) is 1. The quantitative estimate of drug-likeness (QED) is 0.403. The Labute approximate surface area is 123 Å². The Morgan fingerprint density at radius 2 is 1.90 bits per heavy atom. The highest BCUT2D eigenvalue weighted by atomic mass is 32.2. The molecule has 0 saturated heterocycles. The van der Waals surface area contributed by atoms with Crippen LogP contribution in [0, 0.1) is 10.1 Å². The number of ether oxygens (including phenoxy) is 1. The van der Waals surface area contributed by atoms with Crippen molar-refractivity contribution in [3.05, 3.63) is 34.4 Å². The predicted octanol–water partition coefficient (Wildman–Crippen LogP) is 0.451. The third kappa shape index (κ3) is 5.05. The summed E-state index contributed by atoms with van der Waals surface area (Å²) in [5.74, 6) is 0. The van der Waals surface area contributed by atoms with E-state index in [1.807, 2.05) is 0 Å². The van der Waals surface area contributed by atoms with Gasteiger partial charge in [0.2, 0.25) is 10.0 Å². The summed E-state index contributed by atoms with van der Waals surface area (Å²) in [5.41, 5.74) is -0.146. The molecule has 0 bridgehead atoms. The van der Waals surface area contributed by atoms with Crippen LogP contribution in [0.2, 0.25) is 0 Å². The number of hydrogen-bond donors (Lipinski definition) is 1. The summed E-state index contributed by atoms with van der Waals surface area (Å²) in [5, 5.41) is 13.5. The first-order valence-electron chi connectivity index (χ1n) is 6.32. The van der Waals surface area contributed by atoms with E-state index in [4.69, 9.17) is 4.74 Å². The van der Waals surface area contributed by atoms with Gasteiger partial charge in [0.05, 0.1) is 23.0 Å². The van der Waals surface area contributed by atoms with Crippen molar-refractivity contribution in [2.75, 3.05) is 40.4 Å². The van der Waals surface area contributed by atoms with Crippen molar-refractivity contribution in [1.29, 1.82) is 0 Å². The maximum absolute atomic E-state index is 12.2. The summed E-state index contributed by atoms with van der Waals surface area (Å²) in [7, 11) is -0.416. The monoisotopic (exact) mass is 317 g/mol. The van der Waals surface area contributed by atoms with E-state index in [1.54, 1.807) is 7.05 Å². The molecule has 0 saturated carbocycles. The van der Waals surface area contributed by atoms with E-state index in [0.29, 0.717) is 13.2 Å². The summed E-state index contributed by atoms with van der Waals surface area (Å²) < 4.78 is 30.9. The van der Waals surface area contributed by atoms with Gasteiger partial charge in [0.25, 0.3) is 5.69 Å². The van der Waals surface area contributed by atoms with Gasteiger partial charge in [-0.05, 0) is 19.2 Å². The molecule has 0 aromatic heterocycles. The molecule has 0 heterocycles. The van der Waals surface area contributed by atoms with Crippen molar-refractivity contribution in [3.8, 4) is 0 Å². The van der Waals surface area contributed by atoms with Crippen molar-refractivity contribution in [3.63, 3.8) is 0 Å². The summed E-state index contributed by atoms with van der Waals surface area (Å²) >= 11 is 0. The number of non-ortho nitro benzene ring substituents is 1. The van der Waals surface area contributed by atoms with Crippen molar-refractivity contribution in [1.82, 2.24) is 9.62 Å². The molecule has 0 radical (unpaired) electrons. The minimum atomic E-state index is -3.66. The average molecular weight is 317 g/mol. The van der Waals surface area contributed by atoms with Crippen molar-refractivity contribution in [2.24, 2.45) is 0 Å². The van der Waals surface area contributed by atoms with Gasteiger partial charge in [-0.15, -0.1) is 0 Å². The molecule has 0 fully saturated rings. The highest BCUT2D eigenvalue weighted by molar-refractivity contribution is 7.89. The van der Waals surface area contributed by atoms with E-state index in [-0.39, 0.29) is 23.7 Å². The van der Waals surface area contributed by atoms with Gasteiger partial charge < -0.3 is 10.1 Å². The molecule has 1 N–H and O–H groups in total. The number of nitro groups is 1. The van der Waals surface area contributed by atoms with Gasteiger partial charge in [0.15, 0.2) is 0 Å². The van der Waals surface area contributed by atoms with Gasteiger partial charge in [-0.3, -0.25) is 10.1 Å². The van der Waals surface area contributed by atoms with Crippen LogP contribution in [-0.4, -0.2) is 58.0 Å². The maximum atomic E-state index is 12.2. The number of benzene rings is 1. The molecule has 9 heteroatoms. The van der Waals surface area contributed by atoms with E-state index < -0.39 is 14.9 Å². The second-order valence-corrected chi connectivity index (χ2v) is 6.34. The lowest BCUT2D eigenvalue weighted by Gasteiger charge is -2.17. The largest absolute Gasteiger partial charge is 0.379 e. The van der Waals surface area contributed by atoms with Crippen molar-refractivity contribution < 1.29 is 18.1 Å². The third-order valence-corrected chi connectivity index (χ3v) is 4.67. The molecular formula is C12H19N3O5S. The van der Waals surface area contributed by atoms with E-state index in [1.165, 1.54) is 31.3 Å². The topological polar surface area (TPSA) is 102 Å². The lowest BCUT2D eigenvalue weighted by atomic mass is 10.3. The van der Waals surface area contributed by atoms with Crippen LogP contribution in [0.15, 0.2) is 29.2 Å². The average Bonchev–Trinajstić information content (AvgIpc) is 2.46. The van der Waals surface area contributed by atoms with Crippen LogP contribution in [-0.2, 0) is 14.8 Å². The zero-order chi connectivity index (χ0) is 15.9. The fourth-order valence-electron chi connectivity index (χ4n) is 1.51. The maximum Gasteiger partial charge on any atom is 0.269 e. The first-order chi connectivity index (χ1) is 9.89. The smallest absolute Gasteiger partial charge is 0.269 e. The molecule has 8 nitrogen and oxygen atoms in total. The van der Waals surface area contributed by atoms with Gasteiger partial charge in [-0.1, -0.05) is 0 Å². The van der Waals surface area contributed by atoms with E-state index in [9.17, 15) is 18.5 Å². The Morgan fingerprint density at radius 3 is 2.43 bits per heavy atom. The van der Waals surface area contributed by atoms with Gasteiger partial charge in [-0.25, -0.2) is 8.42 Å². The van der Waals surface area contributed by atoms with Crippen LogP contribution in [0.3, 0.4) is 0 Å². The number of nitrogens with zero attached hydrogens (tertiary/aromatic N) is 2.